The number of anilines is 1. The maximum absolute atomic E-state index is 13.5. The van der Waals surface area contributed by atoms with Crippen molar-refractivity contribution in [3.05, 3.63) is 28.2 Å². The van der Waals surface area contributed by atoms with Gasteiger partial charge in [-0.2, -0.15) is 0 Å². The molecule has 4 nitrogen and oxygen atoms in total. The number of hydrogen-bond donors (Lipinski definition) is 1. The molecule has 0 saturated carbocycles. The first-order chi connectivity index (χ1) is 9.79. The van der Waals surface area contributed by atoms with Gasteiger partial charge in [-0.15, -0.1) is 11.8 Å². The van der Waals surface area contributed by atoms with E-state index in [-0.39, 0.29) is 27.8 Å². The lowest BCUT2D eigenvalue weighted by molar-refractivity contribution is -0.144. The van der Waals surface area contributed by atoms with E-state index in [1.165, 1.54) is 0 Å². The van der Waals surface area contributed by atoms with Crippen LogP contribution in [0.25, 0.3) is 0 Å². The lowest BCUT2D eigenvalue weighted by Crippen LogP contribution is -2.18. The van der Waals surface area contributed by atoms with Gasteiger partial charge in [0.05, 0.1) is 23.3 Å². The first-order valence-corrected chi connectivity index (χ1v) is 7.96. The zero-order valence-corrected chi connectivity index (χ0v) is 13.8. The Morgan fingerprint density at radius 1 is 1.33 bits per heavy atom. The number of carbonyl (C=O) groups excluding carboxylic acids is 2. The highest BCUT2D eigenvalue weighted by molar-refractivity contribution is 9.10. The molecule has 116 valence electrons. The second-order valence-corrected chi connectivity index (χ2v) is 6.16. The van der Waals surface area contributed by atoms with Crippen molar-refractivity contribution in [2.45, 2.75) is 20.0 Å². The molecule has 1 rings (SSSR count). The van der Waals surface area contributed by atoms with Gasteiger partial charge in [0.1, 0.15) is 5.82 Å². The summed E-state index contributed by atoms with van der Waals surface area (Å²) in [7, 11) is 0. The molecular formula is C13H14BrF2NO3S. The molecule has 0 bridgehead atoms. The smallest absolute Gasteiger partial charge is 0.316 e. The Balaban J connectivity index is 2.46. The molecule has 0 aromatic heterocycles. The predicted molar refractivity (Wildman–Crippen MR) is 81.2 cm³/mol. The van der Waals surface area contributed by atoms with Crippen molar-refractivity contribution < 1.29 is 23.1 Å². The number of benzene rings is 1. The molecule has 0 heterocycles. The van der Waals surface area contributed by atoms with Crippen LogP contribution < -0.4 is 5.32 Å². The molecule has 0 aliphatic rings. The maximum Gasteiger partial charge on any atom is 0.316 e. The highest BCUT2D eigenvalue weighted by atomic mass is 79.9. The average molecular weight is 382 g/mol. The van der Waals surface area contributed by atoms with E-state index in [2.05, 4.69) is 21.2 Å². The summed E-state index contributed by atoms with van der Waals surface area (Å²) in [6.45, 7) is 3.45. The maximum atomic E-state index is 13.5. The van der Waals surface area contributed by atoms with Gasteiger partial charge in [0, 0.05) is 10.5 Å². The molecular weight excluding hydrogens is 368 g/mol. The summed E-state index contributed by atoms with van der Waals surface area (Å²) < 4.78 is 31.4. The summed E-state index contributed by atoms with van der Waals surface area (Å²) in [5.41, 5.74) is -0.133. The standard InChI is InChI=1S/C13H14BrF2NO3S/c1-7(2)20-12(19)6-21-5-11(18)17-13-9(14)3-8(15)4-10(13)16/h3-4,7H,5-6H2,1-2H3,(H,17,18). The molecule has 0 saturated heterocycles. The predicted octanol–water partition coefficient (Wildman–Crippen LogP) is 3.35. The van der Waals surface area contributed by atoms with Crippen molar-refractivity contribution in [1.82, 2.24) is 0 Å². The van der Waals surface area contributed by atoms with Crippen molar-refractivity contribution in [1.29, 1.82) is 0 Å². The first-order valence-electron chi connectivity index (χ1n) is 6.01. The van der Waals surface area contributed by atoms with Crippen LogP contribution in [0.1, 0.15) is 13.8 Å². The Labute approximate surface area is 133 Å². The monoisotopic (exact) mass is 381 g/mol. The Hall–Kier alpha value is -1.15. The number of nitrogens with one attached hydrogen (secondary N) is 1. The van der Waals surface area contributed by atoms with Gasteiger partial charge in [-0.25, -0.2) is 8.78 Å². The van der Waals surface area contributed by atoms with Crippen LogP contribution >= 0.6 is 27.7 Å². The summed E-state index contributed by atoms with van der Waals surface area (Å²) in [4.78, 5) is 22.9. The van der Waals surface area contributed by atoms with Gasteiger partial charge in [-0.05, 0) is 35.8 Å². The van der Waals surface area contributed by atoms with Crippen LogP contribution in [0, 0.1) is 11.6 Å². The molecule has 1 aromatic carbocycles. The number of halogens is 3. The van der Waals surface area contributed by atoms with Crippen LogP contribution in [-0.2, 0) is 14.3 Å². The van der Waals surface area contributed by atoms with Gasteiger partial charge < -0.3 is 10.1 Å². The molecule has 0 fully saturated rings. The fourth-order valence-corrected chi connectivity index (χ4v) is 2.46. The number of rotatable bonds is 6. The Bertz CT molecular complexity index is 517. The van der Waals surface area contributed by atoms with Crippen molar-refractivity contribution >= 4 is 45.3 Å². The van der Waals surface area contributed by atoms with Crippen LogP contribution in [0.15, 0.2) is 16.6 Å². The van der Waals surface area contributed by atoms with Gasteiger partial charge in [-0.1, -0.05) is 0 Å². The molecule has 1 aromatic rings. The minimum Gasteiger partial charge on any atom is -0.462 e. The van der Waals surface area contributed by atoms with Crippen molar-refractivity contribution in [2.75, 3.05) is 16.8 Å². The Morgan fingerprint density at radius 3 is 2.57 bits per heavy atom. The largest absolute Gasteiger partial charge is 0.462 e. The number of thioether (sulfide) groups is 1. The van der Waals surface area contributed by atoms with Crippen LogP contribution in [0.5, 0.6) is 0 Å². The fraction of sp³-hybridized carbons (Fsp3) is 0.385. The third-order valence-corrected chi connectivity index (χ3v) is 3.62. The van der Waals surface area contributed by atoms with Crippen LogP contribution in [0.2, 0.25) is 0 Å². The van der Waals surface area contributed by atoms with E-state index in [0.717, 1.165) is 17.8 Å². The van der Waals surface area contributed by atoms with Crippen molar-refractivity contribution in [2.24, 2.45) is 0 Å². The van der Waals surface area contributed by atoms with E-state index in [4.69, 9.17) is 4.74 Å². The summed E-state index contributed by atoms with van der Waals surface area (Å²) >= 11 is 4.02. The number of ether oxygens (including phenoxy) is 1. The van der Waals surface area contributed by atoms with Crippen LogP contribution in [0.4, 0.5) is 14.5 Å². The number of hydrogen-bond acceptors (Lipinski definition) is 4. The molecule has 21 heavy (non-hydrogen) atoms. The zero-order valence-electron chi connectivity index (χ0n) is 11.4. The summed E-state index contributed by atoms with van der Waals surface area (Å²) in [6, 6.07) is 1.72. The van der Waals surface area contributed by atoms with E-state index in [9.17, 15) is 18.4 Å². The number of esters is 1. The fourth-order valence-electron chi connectivity index (χ4n) is 1.36. The summed E-state index contributed by atoms with van der Waals surface area (Å²) in [5.74, 6) is -2.56. The van der Waals surface area contributed by atoms with E-state index >= 15 is 0 Å². The molecule has 0 radical (unpaired) electrons. The van der Waals surface area contributed by atoms with Gasteiger partial charge in [0.2, 0.25) is 5.91 Å². The van der Waals surface area contributed by atoms with E-state index in [1.54, 1.807) is 13.8 Å². The molecule has 1 N–H and O–H groups in total. The molecule has 0 unspecified atom stereocenters. The van der Waals surface area contributed by atoms with Crippen LogP contribution in [-0.4, -0.2) is 29.5 Å². The highest BCUT2D eigenvalue weighted by Gasteiger charge is 2.13. The SMILES string of the molecule is CC(C)OC(=O)CSCC(=O)Nc1c(F)cc(F)cc1Br. The van der Waals surface area contributed by atoms with E-state index < -0.39 is 23.5 Å². The molecule has 0 aliphatic heterocycles. The van der Waals surface area contributed by atoms with Gasteiger partial charge in [0.15, 0.2) is 5.82 Å². The third kappa shape index (κ3) is 6.43. The van der Waals surface area contributed by atoms with Gasteiger partial charge >= 0.3 is 5.97 Å². The second-order valence-electron chi connectivity index (χ2n) is 4.32. The topological polar surface area (TPSA) is 55.4 Å². The minimum absolute atomic E-state index is 0.0265. The van der Waals surface area contributed by atoms with Crippen molar-refractivity contribution in [3.8, 4) is 0 Å². The van der Waals surface area contributed by atoms with Crippen molar-refractivity contribution in [3.63, 3.8) is 0 Å². The van der Waals surface area contributed by atoms with Gasteiger partial charge in [-0.3, -0.25) is 9.59 Å². The minimum atomic E-state index is -0.876. The molecule has 0 spiro atoms. The average Bonchev–Trinajstić information content (AvgIpc) is 2.32. The Kier molecular flexibility index (Phi) is 7.10. The quantitative estimate of drug-likeness (QED) is 0.767. The molecule has 1 amide bonds. The lowest BCUT2D eigenvalue weighted by atomic mass is 10.3. The normalized spacial score (nSPS) is 10.6. The molecule has 0 aliphatic carbocycles. The third-order valence-electron chi connectivity index (χ3n) is 2.09. The van der Waals surface area contributed by atoms with E-state index in [0.29, 0.717) is 6.07 Å². The first kappa shape index (κ1) is 17.9. The second kappa shape index (κ2) is 8.33. The summed E-state index contributed by atoms with van der Waals surface area (Å²) in [6.07, 6.45) is -0.212. The molecule has 8 heteroatoms. The number of carbonyl (C=O) groups is 2. The molecule has 0 atom stereocenters. The highest BCUT2D eigenvalue weighted by Crippen LogP contribution is 2.26. The number of amides is 1. The van der Waals surface area contributed by atoms with E-state index in [1.807, 2.05) is 0 Å². The Morgan fingerprint density at radius 2 is 2.00 bits per heavy atom. The zero-order chi connectivity index (χ0) is 16.0. The summed E-state index contributed by atoms with van der Waals surface area (Å²) in [5, 5.41) is 2.32. The van der Waals surface area contributed by atoms with Gasteiger partial charge in [0.25, 0.3) is 0 Å². The lowest BCUT2D eigenvalue weighted by Gasteiger charge is -2.09. The van der Waals surface area contributed by atoms with Crippen LogP contribution in [0.3, 0.4) is 0 Å².